The summed E-state index contributed by atoms with van der Waals surface area (Å²) < 4.78 is 14.0. The van der Waals surface area contributed by atoms with E-state index in [0.717, 1.165) is 5.56 Å². The van der Waals surface area contributed by atoms with Crippen molar-refractivity contribution in [1.82, 2.24) is 0 Å². The van der Waals surface area contributed by atoms with Crippen LogP contribution >= 0.6 is 0 Å². The molecule has 1 atom stereocenters. The van der Waals surface area contributed by atoms with Crippen molar-refractivity contribution in [3.8, 4) is 0 Å². The van der Waals surface area contributed by atoms with Crippen LogP contribution in [-0.2, 0) is 0 Å². The number of carbonyl (C=O) groups excluding carboxylic acids is 1. The van der Waals surface area contributed by atoms with Crippen molar-refractivity contribution >= 4 is 5.78 Å². The van der Waals surface area contributed by atoms with Crippen molar-refractivity contribution in [3.05, 3.63) is 119 Å². The molecular weight excluding hydrogens is 371 g/mol. The Labute approximate surface area is 179 Å². The second-order valence-electron chi connectivity index (χ2n) is 7.73. The second kappa shape index (κ2) is 10.7. The first-order valence-electron chi connectivity index (χ1n) is 10.7. The number of Topliss-reactive ketones (excluding diaryl/α,β-unsaturated/α-hetero) is 1. The van der Waals surface area contributed by atoms with Gasteiger partial charge in [-0.25, -0.2) is 4.39 Å². The van der Waals surface area contributed by atoms with Crippen LogP contribution in [0.1, 0.15) is 60.0 Å². The summed E-state index contributed by atoms with van der Waals surface area (Å²) in [6.45, 7) is 4.09. The molecule has 0 N–H and O–H groups in total. The van der Waals surface area contributed by atoms with Gasteiger partial charge in [-0.1, -0.05) is 91.4 Å². The van der Waals surface area contributed by atoms with Crippen LogP contribution in [0, 0.1) is 12.7 Å². The Morgan fingerprint density at radius 1 is 1.13 bits per heavy atom. The first-order chi connectivity index (χ1) is 14.6. The summed E-state index contributed by atoms with van der Waals surface area (Å²) in [4.78, 5) is 12.4. The lowest BCUT2D eigenvalue weighted by molar-refractivity contribution is 0.103. The number of benzene rings is 2. The van der Waals surface area contributed by atoms with E-state index >= 15 is 0 Å². The molecule has 2 aliphatic carbocycles. The average Bonchev–Trinajstić information content (AvgIpc) is 2.80. The summed E-state index contributed by atoms with van der Waals surface area (Å²) >= 11 is 0. The molecular formula is C28H29FO. The van der Waals surface area contributed by atoms with Crippen LogP contribution in [0.5, 0.6) is 0 Å². The molecule has 0 fully saturated rings. The maximum atomic E-state index is 14.0. The van der Waals surface area contributed by atoms with E-state index in [1.54, 1.807) is 11.6 Å². The Morgan fingerprint density at radius 3 is 2.50 bits per heavy atom. The molecule has 2 aromatic rings. The van der Waals surface area contributed by atoms with E-state index < -0.39 is 0 Å². The molecule has 0 amide bonds. The normalized spacial score (nSPS) is 17.5. The highest BCUT2D eigenvalue weighted by atomic mass is 19.1. The van der Waals surface area contributed by atoms with E-state index in [1.807, 2.05) is 67.6 Å². The molecule has 0 heterocycles. The number of carbonyl (C=O) groups is 1. The molecule has 154 valence electrons. The van der Waals surface area contributed by atoms with Crippen molar-refractivity contribution < 1.29 is 9.18 Å². The summed E-state index contributed by atoms with van der Waals surface area (Å²) in [7, 11) is 0. The highest BCUT2D eigenvalue weighted by Crippen LogP contribution is 2.30. The summed E-state index contributed by atoms with van der Waals surface area (Å²) in [6, 6.07) is 14.5. The third-order valence-corrected chi connectivity index (χ3v) is 5.51. The van der Waals surface area contributed by atoms with Crippen LogP contribution in [0.4, 0.5) is 4.39 Å². The molecule has 0 spiro atoms. The van der Waals surface area contributed by atoms with Crippen molar-refractivity contribution in [2.75, 3.05) is 0 Å². The smallest absolute Gasteiger partial charge is 0.192 e. The fraction of sp³-hybridized carbons (Fsp3) is 0.250. The van der Waals surface area contributed by atoms with Crippen LogP contribution in [0.25, 0.3) is 0 Å². The molecule has 2 heteroatoms. The number of rotatable bonds is 4. The first-order valence-corrected chi connectivity index (χ1v) is 10.7. The van der Waals surface area contributed by atoms with Crippen molar-refractivity contribution in [2.45, 2.75) is 45.4 Å². The van der Waals surface area contributed by atoms with Gasteiger partial charge in [-0.3, -0.25) is 4.79 Å². The molecule has 4 rings (SSSR count). The lowest BCUT2D eigenvalue weighted by atomic mass is 9.87. The largest absolute Gasteiger partial charge is 0.289 e. The molecule has 2 aromatic carbocycles. The van der Waals surface area contributed by atoms with E-state index in [2.05, 4.69) is 25.2 Å². The Kier molecular flexibility index (Phi) is 7.73. The fourth-order valence-corrected chi connectivity index (χ4v) is 3.66. The Balaban J connectivity index is 0.000000269. The number of halogens is 1. The van der Waals surface area contributed by atoms with Crippen molar-refractivity contribution in [3.63, 3.8) is 0 Å². The standard InChI is InChI=1S/C20H17FO.C8H12/c1-14-7-12-18(19(21)13-14)15-8-10-17(11-9-15)20(22)16-5-3-2-4-6-16;1-2-8-6-4-3-5-7-8/h2-8,10-13,15H,9H2,1H3;3-4,6H,2,5,7H2,1H3. The summed E-state index contributed by atoms with van der Waals surface area (Å²) in [5.74, 6) is -0.173. The van der Waals surface area contributed by atoms with Gasteiger partial charge in [0.2, 0.25) is 0 Å². The molecule has 2 aliphatic rings. The zero-order chi connectivity index (χ0) is 21.3. The highest BCUT2D eigenvalue weighted by molar-refractivity contribution is 6.10. The van der Waals surface area contributed by atoms with Gasteiger partial charge in [0.05, 0.1) is 0 Å². The number of hydrogen-bond acceptors (Lipinski definition) is 1. The van der Waals surface area contributed by atoms with Crippen LogP contribution in [0.3, 0.4) is 0 Å². The zero-order valence-corrected chi connectivity index (χ0v) is 17.8. The van der Waals surface area contributed by atoms with Crippen LogP contribution in [0.2, 0.25) is 0 Å². The molecule has 0 saturated heterocycles. The van der Waals surface area contributed by atoms with E-state index in [4.69, 9.17) is 0 Å². The zero-order valence-electron chi connectivity index (χ0n) is 17.8. The minimum absolute atomic E-state index is 0.00655. The Bertz CT molecular complexity index is 993. The fourth-order valence-electron chi connectivity index (χ4n) is 3.66. The number of hydrogen-bond donors (Lipinski definition) is 0. The molecule has 0 bridgehead atoms. The van der Waals surface area contributed by atoms with Gasteiger partial charge in [-0.2, -0.15) is 0 Å². The molecule has 1 unspecified atom stereocenters. The van der Waals surface area contributed by atoms with Crippen molar-refractivity contribution in [2.24, 2.45) is 0 Å². The van der Waals surface area contributed by atoms with Gasteiger partial charge in [0.1, 0.15) is 5.82 Å². The monoisotopic (exact) mass is 400 g/mol. The Morgan fingerprint density at radius 2 is 1.93 bits per heavy atom. The third kappa shape index (κ3) is 5.76. The SMILES string of the molecule is CCC1=CC=CCC1.Cc1ccc(C2C=CC(C(=O)c3ccccc3)=CC2)c(F)c1. The molecule has 30 heavy (non-hydrogen) atoms. The summed E-state index contributed by atoms with van der Waals surface area (Å²) in [5, 5.41) is 0. The molecule has 0 radical (unpaired) electrons. The summed E-state index contributed by atoms with van der Waals surface area (Å²) in [5.41, 5.74) is 4.54. The predicted molar refractivity (Wildman–Crippen MR) is 123 cm³/mol. The minimum atomic E-state index is -0.180. The summed E-state index contributed by atoms with van der Waals surface area (Å²) in [6.07, 6.45) is 16.6. The minimum Gasteiger partial charge on any atom is -0.289 e. The number of aryl methyl sites for hydroxylation is 1. The number of ketones is 1. The molecule has 0 aromatic heterocycles. The Hall–Kier alpha value is -3.00. The van der Waals surface area contributed by atoms with Gasteiger partial charge in [-0.15, -0.1) is 0 Å². The van der Waals surface area contributed by atoms with E-state index in [9.17, 15) is 9.18 Å². The maximum absolute atomic E-state index is 14.0. The van der Waals surface area contributed by atoms with Gasteiger partial charge in [-0.05, 0) is 49.8 Å². The van der Waals surface area contributed by atoms with Crippen LogP contribution < -0.4 is 0 Å². The third-order valence-electron chi connectivity index (χ3n) is 5.51. The average molecular weight is 401 g/mol. The van der Waals surface area contributed by atoms with Crippen molar-refractivity contribution in [1.29, 1.82) is 0 Å². The topological polar surface area (TPSA) is 17.1 Å². The maximum Gasteiger partial charge on any atom is 0.192 e. The van der Waals surface area contributed by atoms with E-state index in [0.29, 0.717) is 23.1 Å². The number of allylic oxidation sites excluding steroid dienone is 8. The predicted octanol–water partition coefficient (Wildman–Crippen LogP) is 7.66. The quantitative estimate of drug-likeness (QED) is 0.481. The van der Waals surface area contributed by atoms with Crippen LogP contribution in [0.15, 0.2) is 96.1 Å². The van der Waals surface area contributed by atoms with Gasteiger partial charge in [0.25, 0.3) is 0 Å². The van der Waals surface area contributed by atoms with E-state index in [-0.39, 0.29) is 17.5 Å². The van der Waals surface area contributed by atoms with Gasteiger partial charge in [0, 0.05) is 17.1 Å². The second-order valence-corrected chi connectivity index (χ2v) is 7.73. The lowest BCUT2D eigenvalue weighted by Crippen LogP contribution is -2.07. The van der Waals surface area contributed by atoms with E-state index in [1.165, 1.54) is 19.3 Å². The molecule has 0 saturated carbocycles. The van der Waals surface area contributed by atoms with Crippen LogP contribution in [-0.4, -0.2) is 5.78 Å². The van der Waals surface area contributed by atoms with Gasteiger partial charge < -0.3 is 0 Å². The van der Waals surface area contributed by atoms with Gasteiger partial charge >= 0.3 is 0 Å². The first kappa shape index (κ1) is 21.7. The molecule has 1 nitrogen and oxygen atoms in total. The molecule has 0 aliphatic heterocycles. The highest BCUT2D eigenvalue weighted by Gasteiger charge is 2.18. The lowest BCUT2D eigenvalue weighted by Gasteiger charge is -2.17. The van der Waals surface area contributed by atoms with Gasteiger partial charge in [0.15, 0.2) is 5.78 Å².